The maximum Gasteiger partial charge on any atom is 0.257 e. The van der Waals surface area contributed by atoms with E-state index in [2.05, 4.69) is 16.2 Å². The van der Waals surface area contributed by atoms with Gasteiger partial charge in [-0.2, -0.15) is 0 Å². The second kappa shape index (κ2) is 10.1. The lowest BCUT2D eigenvalue weighted by Crippen LogP contribution is -2.48. The van der Waals surface area contributed by atoms with Crippen molar-refractivity contribution in [2.24, 2.45) is 0 Å². The summed E-state index contributed by atoms with van der Waals surface area (Å²) in [5.74, 6) is 0.716. The van der Waals surface area contributed by atoms with Crippen LogP contribution in [0.15, 0.2) is 48.5 Å². The number of hydrogen-bond donors (Lipinski definition) is 3. The first-order valence-corrected chi connectivity index (χ1v) is 8.68. The van der Waals surface area contributed by atoms with E-state index < -0.39 is 0 Å². The molecule has 2 rings (SSSR count). The van der Waals surface area contributed by atoms with Crippen molar-refractivity contribution in [1.82, 2.24) is 16.2 Å². The lowest BCUT2D eigenvalue weighted by atomic mass is 10.1. The predicted octanol–water partition coefficient (Wildman–Crippen LogP) is 1.97. The van der Waals surface area contributed by atoms with Gasteiger partial charge >= 0.3 is 0 Å². The first-order chi connectivity index (χ1) is 13.0. The smallest absolute Gasteiger partial charge is 0.257 e. The van der Waals surface area contributed by atoms with Crippen molar-refractivity contribution in [2.75, 3.05) is 13.7 Å². The summed E-state index contributed by atoms with van der Waals surface area (Å²) in [6.45, 7) is 2.43. The quantitative estimate of drug-likeness (QED) is 0.519. The molecule has 8 heteroatoms. The van der Waals surface area contributed by atoms with Gasteiger partial charge in [0.25, 0.3) is 5.91 Å². The number of hydrazine groups is 1. The third-order valence-corrected chi connectivity index (χ3v) is 3.70. The van der Waals surface area contributed by atoms with Gasteiger partial charge in [0.2, 0.25) is 5.91 Å². The fourth-order valence-electron chi connectivity index (χ4n) is 2.18. The number of carbonyl (C=O) groups excluding carboxylic acids is 2. The van der Waals surface area contributed by atoms with E-state index in [1.165, 1.54) is 0 Å². The maximum atomic E-state index is 12.1. The van der Waals surface area contributed by atoms with Crippen molar-refractivity contribution in [3.05, 3.63) is 59.7 Å². The molecule has 0 aliphatic rings. The molecule has 3 N–H and O–H groups in total. The molecule has 2 aromatic carbocycles. The Hall–Kier alpha value is -3.13. The molecule has 0 aliphatic carbocycles. The normalized spacial score (nSPS) is 9.85. The van der Waals surface area contributed by atoms with E-state index in [0.717, 1.165) is 11.3 Å². The minimum atomic E-state index is -0.389. The zero-order valence-corrected chi connectivity index (χ0v) is 15.9. The largest absolute Gasteiger partial charge is 0.497 e. The average molecular weight is 387 g/mol. The van der Waals surface area contributed by atoms with Crippen LogP contribution in [0.25, 0.3) is 0 Å². The Morgan fingerprint density at radius 3 is 2.19 bits per heavy atom. The van der Waals surface area contributed by atoms with Gasteiger partial charge in [-0.3, -0.25) is 25.8 Å². The molecule has 0 radical (unpaired) electrons. The monoisotopic (exact) mass is 387 g/mol. The zero-order valence-electron chi connectivity index (χ0n) is 15.1. The van der Waals surface area contributed by atoms with E-state index in [0.29, 0.717) is 17.9 Å². The number of rotatable bonds is 6. The number of nitrogens with one attached hydrogen (secondary N) is 3. The van der Waals surface area contributed by atoms with Gasteiger partial charge in [-0.25, -0.2) is 0 Å². The minimum Gasteiger partial charge on any atom is -0.497 e. The van der Waals surface area contributed by atoms with Crippen LogP contribution >= 0.6 is 12.2 Å². The fraction of sp³-hybridized carbons (Fsp3) is 0.211. The van der Waals surface area contributed by atoms with Crippen LogP contribution in [-0.2, 0) is 11.2 Å². The molecular weight excluding hydrogens is 366 g/mol. The Bertz CT molecular complexity index is 792. The number of ether oxygens (including phenoxy) is 2. The van der Waals surface area contributed by atoms with E-state index in [9.17, 15) is 9.59 Å². The summed E-state index contributed by atoms with van der Waals surface area (Å²) in [6, 6.07) is 13.8. The number of hydrogen-bond acceptors (Lipinski definition) is 5. The molecule has 2 aromatic rings. The molecule has 142 valence electrons. The Labute approximate surface area is 163 Å². The van der Waals surface area contributed by atoms with Crippen LogP contribution in [0.5, 0.6) is 11.5 Å². The molecule has 0 saturated carbocycles. The third kappa shape index (κ3) is 6.59. The van der Waals surface area contributed by atoms with E-state index in [4.69, 9.17) is 21.7 Å². The SMILES string of the molecule is CCOc1ccc(C(=O)NC(=S)NNC(=O)Cc2ccc(OC)cc2)cc1. The summed E-state index contributed by atoms with van der Waals surface area (Å²) >= 11 is 5.01. The van der Waals surface area contributed by atoms with Gasteiger partial charge in [-0.1, -0.05) is 12.1 Å². The molecule has 0 heterocycles. The molecule has 7 nitrogen and oxygen atoms in total. The first-order valence-electron chi connectivity index (χ1n) is 8.27. The molecule has 0 atom stereocenters. The van der Waals surface area contributed by atoms with Crippen molar-refractivity contribution >= 4 is 29.1 Å². The fourth-order valence-corrected chi connectivity index (χ4v) is 2.32. The Morgan fingerprint density at radius 2 is 1.59 bits per heavy atom. The summed E-state index contributed by atoms with van der Waals surface area (Å²) in [7, 11) is 1.58. The van der Waals surface area contributed by atoms with Crippen LogP contribution in [0, 0.1) is 0 Å². The van der Waals surface area contributed by atoms with Crippen LogP contribution in [0.1, 0.15) is 22.8 Å². The number of amides is 2. The van der Waals surface area contributed by atoms with Crippen LogP contribution in [-0.4, -0.2) is 30.6 Å². The molecule has 0 spiro atoms. The highest BCUT2D eigenvalue weighted by atomic mass is 32.1. The minimum absolute atomic E-state index is 0.00281. The molecule has 0 aliphatic heterocycles. The van der Waals surface area contributed by atoms with E-state index >= 15 is 0 Å². The van der Waals surface area contributed by atoms with Gasteiger partial charge in [0, 0.05) is 5.56 Å². The Kier molecular flexibility index (Phi) is 7.57. The Morgan fingerprint density at radius 1 is 0.963 bits per heavy atom. The van der Waals surface area contributed by atoms with Gasteiger partial charge < -0.3 is 9.47 Å². The lowest BCUT2D eigenvalue weighted by Gasteiger charge is -2.11. The van der Waals surface area contributed by atoms with E-state index in [-0.39, 0.29) is 23.3 Å². The maximum absolute atomic E-state index is 12.1. The lowest BCUT2D eigenvalue weighted by molar-refractivity contribution is -0.121. The summed E-state index contributed by atoms with van der Waals surface area (Å²) in [4.78, 5) is 24.1. The summed E-state index contributed by atoms with van der Waals surface area (Å²) < 4.78 is 10.4. The van der Waals surface area contributed by atoms with Crippen molar-refractivity contribution in [1.29, 1.82) is 0 Å². The van der Waals surface area contributed by atoms with E-state index in [1.807, 2.05) is 6.92 Å². The van der Waals surface area contributed by atoms with E-state index in [1.54, 1.807) is 55.6 Å². The molecule has 2 amide bonds. The number of benzene rings is 2. The standard InChI is InChI=1S/C19H21N3O4S/c1-3-26-16-10-6-14(7-11-16)18(24)20-19(27)22-21-17(23)12-13-4-8-15(25-2)9-5-13/h4-11H,3,12H2,1-2H3,(H,21,23)(H2,20,22,24,27). The van der Waals surface area contributed by atoms with Crippen molar-refractivity contribution < 1.29 is 19.1 Å². The van der Waals surface area contributed by atoms with Crippen LogP contribution in [0.4, 0.5) is 0 Å². The molecule has 0 aromatic heterocycles. The molecule has 27 heavy (non-hydrogen) atoms. The highest BCUT2D eigenvalue weighted by molar-refractivity contribution is 7.80. The second-order valence-electron chi connectivity index (χ2n) is 5.44. The predicted molar refractivity (Wildman–Crippen MR) is 106 cm³/mol. The highest BCUT2D eigenvalue weighted by Crippen LogP contribution is 2.12. The number of methoxy groups -OCH3 is 1. The van der Waals surface area contributed by atoms with Gasteiger partial charge in [-0.15, -0.1) is 0 Å². The molecule has 0 saturated heterocycles. The van der Waals surface area contributed by atoms with Crippen LogP contribution in [0.2, 0.25) is 0 Å². The van der Waals surface area contributed by atoms with Gasteiger partial charge in [0.15, 0.2) is 5.11 Å². The van der Waals surface area contributed by atoms with Crippen molar-refractivity contribution in [3.63, 3.8) is 0 Å². The third-order valence-electron chi connectivity index (χ3n) is 3.49. The summed E-state index contributed by atoms with van der Waals surface area (Å²) in [5, 5.41) is 2.49. The summed E-state index contributed by atoms with van der Waals surface area (Å²) in [6.07, 6.45) is 0.159. The topological polar surface area (TPSA) is 88.7 Å². The van der Waals surface area contributed by atoms with Crippen molar-refractivity contribution in [3.8, 4) is 11.5 Å². The van der Waals surface area contributed by atoms with Gasteiger partial charge in [-0.05, 0) is 61.1 Å². The molecular formula is C19H21N3O4S. The highest BCUT2D eigenvalue weighted by Gasteiger charge is 2.09. The summed E-state index contributed by atoms with van der Waals surface area (Å²) in [5.41, 5.74) is 6.20. The number of carbonyl (C=O) groups is 2. The molecule has 0 fully saturated rings. The zero-order chi connectivity index (χ0) is 19.6. The second-order valence-corrected chi connectivity index (χ2v) is 5.85. The van der Waals surface area contributed by atoms with Crippen molar-refractivity contribution in [2.45, 2.75) is 13.3 Å². The van der Waals surface area contributed by atoms with Gasteiger partial charge in [0.1, 0.15) is 11.5 Å². The molecule has 0 bridgehead atoms. The van der Waals surface area contributed by atoms with Crippen LogP contribution < -0.4 is 25.6 Å². The number of thiocarbonyl (C=S) groups is 1. The van der Waals surface area contributed by atoms with Crippen LogP contribution in [0.3, 0.4) is 0 Å². The Balaban J connectivity index is 1.77. The average Bonchev–Trinajstić information content (AvgIpc) is 2.68. The molecule has 0 unspecified atom stereocenters. The van der Waals surface area contributed by atoms with Gasteiger partial charge in [0.05, 0.1) is 20.1 Å². The first kappa shape index (κ1) is 20.2.